The Labute approximate surface area is 96.9 Å². The minimum atomic E-state index is -0.865. The van der Waals surface area contributed by atoms with Gasteiger partial charge in [-0.1, -0.05) is 0 Å². The molecule has 1 saturated carbocycles. The van der Waals surface area contributed by atoms with E-state index >= 15 is 0 Å². The molecule has 0 aromatic rings. The van der Waals surface area contributed by atoms with Crippen LogP contribution in [0, 0.1) is 5.92 Å². The number of aliphatic hydroxyl groups is 1. The first-order valence-corrected chi connectivity index (χ1v) is 5.06. The number of carbonyl (C=O) groups is 1. The third-order valence-corrected chi connectivity index (χ3v) is 3.13. The number of aliphatic hydroxyl groups excluding tert-OH is 1. The standard InChI is InChI=1S/C10H19NO3.ClH/c1-11(2,3)8-6-4-5-7(9(8)12)10(13)14;/h7-9,12H,4-6H2,1-3H3;1H/t7-,8-,9+;/m1./s1. The first kappa shape index (κ1) is 14.7. The minimum absolute atomic E-state index is 0. The van der Waals surface area contributed by atoms with Crippen LogP contribution in [0.25, 0.3) is 0 Å². The van der Waals surface area contributed by atoms with E-state index in [1.807, 2.05) is 21.1 Å². The van der Waals surface area contributed by atoms with Crippen LogP contribution >= 0.6 is 0 Å². The fraction of sp³-hybridized carbons (Fsp3) is 0.900. The van der Waals surface area contributed by atoms with Gasteiger partial charge in [-0.15, -0.1) is 0 Å². The van der Waals surface area contributed by atoms with Crippen molar-refractivity contribution >= 4 is 5.97 Å². The van der Waals surface area contributed by atoms with Gasteiger partial charge >= 0.3 is 5.97 Å². The summed E-state index contributed by atoms with van der Waals surface area (Å²) in [4.78, 5) is 10.9. The number of rotatable bonds is 2. The number of nitrogens with zero attached hydrogens (tertiary/aromatic N) is 1. The predicted molar refractivity (Wildman–Crippen MR) is 52.8 cm³/mol. The zero-order valence-electron chi connectivity index (χ0n) is 9.48. The molecule has 0 radical (unpaired) electrons. The summed E-state index contributed by atoms with van der Waals surface area (Å²) in [5.74, 6) is -1.44. The number of carboxylic acid groups (broad SMARTS) is 1. The lowest BCUT2D eigenvalue weighted by Gasteiger charge is -2.41. The molecule has 0 aliphatic heterocycles. The van der Waals surface area contributed by atoms with Gasteiger partial charge < -0.3 is 27.1 Å². The highest BCUT2D eigenvalue weighted by molar-refractivity contribution is 5.70. The molecular weight excluding hydrogens is 218 g/mol. The van der Waals surface area contributed by atoms with Gasteiger partial charge in [0.15, 0.2) is 0 Å². The van der Waals surface area contributed by atoms with E-state index in [9.17, 15) is 9.90 Å². The molecule has 15 heavy (non-hydrogen) atoms. The molecule has 0 unspecified atom stereocenters. The zero-order chi connectivity index (χ0) is 10.9. The minimum Gasteiger partial charge on any atom is -1.00 e. The summed E-state index contributed by atoms with van der Waals surface area (Å²) in [5, 5.41) is 18.9. The molecule has 0 aromatic heterocycles. The van der Waals surface area contributed by atoms with E-state index in [1.54, 1.807) is 0 Å². The number of likely N-dealkylation sites (N-methyl/N-ethyl adjacent to an activating group) is 1. The maximum Gasteiger partial charge on any atom is 0.309 e. The topological polar surface area (TPSA) is 57.5 Å². The molecule has 2 N–H and O–H groups in total. The van der Waals surface area contributed by atoms with E-state index in [-0.39, 0.29) is 18.4 Å². The maximum atomic E-state index is 10.9. The smallest absolute Gasteiger partial charge is 0.309 e. The van der Waals surface area contributed by atoms with Crippen molar-refractivity contribution in [3.63, 3.8) is 0 Å². The van der Waals surface area contributed by atoms with E-state index in [2.05, 4.69) is 0 Å². The highest BCUT2D eigenvalue weighted by Gasteiger charge is 2.42. The molecule has 0 bridgehead atoms. The van der Waals surface area contributed by atoms with Gasteiger partial charge in [-0.05, 0) is 12.8 Å². The lowest BCUT2D eigenvalue weighted by atomic mass is 9.82. The summed E-state index contributed by atoms with van der Waals surface area (Å²) in [5.41, 5.74) is 0. The molecule has 5 heteroatoms. The van der Waals surface area contributed by atoms with Gasteiger partial charge in [0.2, 0.25) is 0 Å². The Morgan fingerprint density at radius 3 is 2.20 bits per heavy atom. The largest absolute Gasteiger partial charge is 1.00 e. The second-order valence-electron chi connectivity index (χ2n) is 5.05. The number of quaternary nitrogens is 1. The Hall–Kier alpha value is -0.320. The van der Waals surface area contributed by atoms with Crippen molar-refractivity contribution in [3.8, 4) is 0 Å². The van der Waals surface area contributed by atoms with Crippen molar-refractivity contribution in [2.45, 2.75) is 31.4 Å². The van der Waals surface area contributed by atoms with Crippen LogP contribution in [0.1, 0.15) is 19.3 Å². The highest BCUT2D eigenvalue weighted by atomic mass is 35.5. The summed E-state index contributed by atoms with van der Waals surface area (Å²) < 4.78 is 0.630. The summed E-state index contributed by atoms with van der Waals surface area (Å²) in [7, 11) is 5.99. The molecule has 1 aliphatic rings. The van der Waals surface area contributed by atoms with Crippen LogP contribution in [0.15, 0.2) is 0 Å². The van der Waals surface area contributed by atoms with Crippen LogP contribution < -0.4 is 12.4 Å². The first-order valence-electron chi connectivity index (χ1n) is 5.06. The fourth-order valence-electron chi connectivity index (χ4n) is 2.27. The van der Waals surface area contributed by atoms with Crippen molar-refractivity contribution < 1.29 is 31.9 Å². The monoisotopic (exact) mass is 237 g/mol. The van der Waals surface area contributed by atoms with Crippen molar-refractivity contribution in [2.75, 3.05) is 21.1 Å². The van der Waals surface area contributed by atoms with Gasteiger partial charge in [0.25, 0.3) is 0 Å². The molecule has 1 fully saturated rings. The Morgan fingerprint density at radius 1 is 1.27 bits per heavy atom. The maximum absolute atomic E-state index is 10.9. The molecule has 4 nitrogen and oxygen atoms in total. The van der Waals surface area contributed by atoms with Crippen molar-refractivity contribution in [3.05, 3.63) is 0 Å². The third-order valence-electron chi connectivity index (χ3n) is 3.13. The summed E-state index contributed by atoms with van der Waals surface area (Å²) in [6.45, 7) is 0. The van der Waals surface area contributed by atoms with E-state index in [0.717, 1.165) is 12.8 Å². The SMILES string of the molecule is C[N+](C)(C)[C@@H]1CCC[C@@H](C(=O)O)[C@@H]1O.[Cl-]. The molecule has 0 heterocycles. The average Bonchev–Trinajstić information content (AvgIpc) is 2.01. The molecule has 1 aliphatic carbocycles. The third kappa shape index (κ3) is 3.33. The van der Waals surface area contributed by atoms with Crippen LogP contribution in [0.4, 0.5) is 0 Å². The van der Waals surface area contributed by atoms with Crippen LogP contribution in [0.2, 0.25) is 0 Å². The molecule has 0 aromatic carbocycles. The van der Waals surface area contributed by atoms with Gasteiger partial charge in [0.05, 0.1) is 27.1 Å². The quantitative estimate of drug-likeness (QED) is 0.515. The van der Waals surface area contributed by atoms with E-state index in [0.29, 0.717) is 10.9 Å². The highest BCUT2D eigenvalue weighted by Crippen LogP contribution is 2.29. The zero-order valence-corrected chi connectivity index (χ0v) is 10.2. The molecule has 3 atom stereocenters. The van der Waals surface area contributed by atoms with E-state index in [4.69, 9.17) is 5.11 Å². The molecule has 90 valence electrons. The van der Waals surface area contributed by atoms with Gasteiger partial charge in [-0.25, -0.2) is 0 Å². The fourth-order valence-corrected chi connectivity index (χ4v) is 2.27. The Balaban J connectivity index is 0.00000196. The van der Waals surface area contributed by atoms with Gasteiger partial charge in [0.1, 0.15) is 12.1 Å². The molecule has 0 spiro atoms. The average molecular weight is 238 g/mol. The first-order chi connectivity index (χ1) is 6.34. The van der Waals surface area contributed by atoms with Crippen molar-refractivity contribution in [1.29, 1.82) is 0 Å². The number of halogens is 1. The van der Waals surface area contributed by atoms with Gasteiger partial charge in [0, 0.05) is 6.42 Å². The summed E-state index contributed by atoms with van der Waals surface area (Å²) in [6.07, 6.45) is 1.71. The molecule has 0 amide bonds. The second kappa shape index (κ2) is 5.14. The predicted octanol–water partition coefficient (Wildman–Crippen LogP) is -2.69. The van der Waals surface area contributed by atoms with Crippen LogP contribution in [-0.2, 0) is 4.79 Å². The van der Waals surface area contributed by atoms with Crippen molar-refractivity contribution in [2.24, 2.45) is 5.92 Å². The van der Waals surface area contributed by atoms with E-state index in [1.165, 1.54) is 0 Å². The molecular formula is C10H20ClNO3. The number of hydrogen-bond donors (Lipinski definition) is 2. The van der Waals surface area contributed by atoms with Crippen LogP contribution in [-0.4, -0.2) is 54.0 Å². The Bertz CT molecular complexity index is 227. The van der Waals surface area contributed by atoms with E-state index < -0.39 is 18.0 Å². The molecule has 1 rings (SSSR count). The molecule has 0 saturated heterocycles. The summed E-state index contributed by atoms with van der Waals surface area (Å²) >= 11 is 0. The van der Waals surface area contributed by atoms with Crippen LogP contribution in [0.3, 0.4) is 0 Å². The second-order valence-corrected chi connectivity index (χ2v) is 5.05. The Morgan fingerprint density at radius 2 is 1.80 bits per heavy atom. The lowest BCUT2D eigenvalue weighted by molar-refractivity contribution is -0.901. The van der Waals surface area contributed by atoms with Gasteiger partial charge in [-0.3, -0.25) is 4.79 Å². The summed E-state index contributed by atoms with van der Waals surface area (Å²) in [6, 6.07) is 0.0462. The number of aliphatic carboxylic acids is 1. The number of carboxylic acids is 1. The lowest BCUT2D eigenvalue weighted by Crippen LogP contribution is -3.00. The van der Waals surface area contributed by atoms with Crippen LogP contribution in [0.5, 0.6) is 0 Å². The Kier molecular flexibility index (Phi) is 5.03. The van der Waals surface area contributed by atoms with Gasteiger partial charge in [-0.2, -0.15) is 0 Å². The normalized spacial score (nSPS) is 31.9. The van der Waals surface area contributed by atoms with Crippen molar-refractivity contribution in [1.82, 2.24) is 0 Å². The number of hydrogen-bond acceptors (Lipinski definition) is 2.